The predicted octanol–water partition coefficient (Wildman–Crippen LogP) is 1.55. The normalized spacial score (nSPS) is 22.2. The molecule has 2 heterocycles. The van der Waals surface area contributed by atoms with Gasteiger partial charge in [-0.25, -0.2) is 4.39 Å². The summed E-state index contributed by atoms with van der Waals surface area (Å²) in [5.41, 5.74) is 2.26. The van der Waals surface area contributed by atoms with Crippen molar-refractivity contribution in [2.45, 2.75) is 18.0 Å². The first-order valence-electron chi connectivity index (χ1n) is 10.6. The number of aliphatic hydroxyl groups is 1. The Morgan fingerprint density at radius 2 is 1.84 bits per heavy atom. The van der Waals surface area contributed by atoms with Gasteiger partial charge >= 0.3 is 0 Å². The van der Waals surface area contributed by atoms with Gasteiger partial charge in [-0.2, -0.15) is 0 Å². The van der Waals surface area contributed by atoms with Crippen LogP contribution >= 0.6 is 0 Å². The molecule has 0 bridgehead atoms. The highest BCUT2D eigenvalue weighted by Crippen LogP contribution is 2.43. The molecule has 2 saturated heterocycles. The molecule has 2 aliphatic rings. The molecule has 2 aliphatic heterocycles. The van der Waals surface area contributed by atoms with E-state index in [0.29, 0.717) is 18.7 Å². The molecule has 166 valence electrons. The number of hydrogen-bond acceptors (Lipinski definition) is 4. The van der Waals surface area contributed by atoms with Crippen LogP contribution in [-0.2, 0) is 4.79 Å². The van der Waals surface area contributed by atoms with Gasteiger partial charge in [0.25, 0.3) is 5.91 Å². The molecular formula is C25H26FN3O3. The third-order valence-electron chi connectivity index (χ3n) is 6.05. The third-order valence-corrected chi connectivity index (χ3v) is 6.05. The summed E-state index contributed by atoms with van der Waals surface area (Å²) in [5, 5.41) is 9.94. The van der Waals surface area contributed by atoms with Crippen molar-refractivity contribution >= 4 is 11.8 Å². The largest absolute Gasteiger partial charge is 0.394 e. The van der Waals surface area contributed by atoms with Crippen LogP contribution in [0.3, 0.4) is 0 Å². The van der Waals surface area contributed by atoms with Crippen molar-refractivity contribution in [1.29, 1.82) is 0 Å². The molecule has 0 saturated carbocycles. The number of hydrogen-bond donors (Lipinski definition) is 1. The molecular weight excluding hydrogens is 409 g/mol. The first-order chi connectivity index (χ1) is 15.4. The number of carbonyl (C=O) groups is 2. The van der Waals surface area contributed by atoms with Crippen LogP contribution in [0.4, 0.5) is 4.39 Å². The van der Waals surface area contributed by atoms with Gasteiger partial charge in [-0.3, -0.25) is 14.5 Å². The zero-order chi connectivity index (χ0) is 22.8. The second kappa shape index (κ2) is 9.11. The zero-order valence-corrected chi connectivity index (χ0v) is 18.2. The molecule has 0 unspecified atom stereocenters. The minimum atomic E-state index is -0.415. The number of carbonyl (C=O) groups excluding carboxylic acids is 2. The Balaban J connectivity index is 1.52. The average Bonchev–Trinajstić information content (AvgIpc) is 2.76. The van der Waals surface area contributed by atoms with E-state index in [9.17, 15) is 19.1 Å². The number of fused-ring (bicyclic) bond motifs is 1. The van der Waals surface area contributed by atoms with E-state index < -0.39 is 5.82 Å². The molecule has 32 heavy (non-hydrogen) atoms. The van der Waals surface area contributed by atoms with Crippen LogP contribution in [0.5, 0.6) is 0 Å². The van der Waals surface area contributed by atoms with E-state index in [1.807, 2.05) is 43.3 Å². The summed E-state index contributed by atoms with van der Waals surface area (Å²) < 4.78 is 13.2. The van der Waals surface area contributed by atoms with Crippen LogP contribution in [-0.4, -0.2) is 84.0 Å². The third kappa shape index (κ3) is 4.24. The number of amides is 2. The molecule has 1 N–H and O–H groups in total. The topological polar surface area (TPSA) is 64.1 Å². The fraction of sp³-hybridized carbons (Fsp3) is 0.360. The monoisotopic (exact) mass is 435 g/mol. The lowest BCUT2D eigenvalue weighted by Gasteiger charge is -2.58. The fourth-order valence-electron chi connectivity index (χ4n) is 4.52. The maximum atomic E-state index is 13.2. The number of halogens is 1. The van der Waals surface area contributed by atoms with Crippen molar-refractivity contribution in [1.82, 2.24) is 14.7 Å². The molecule has 7 heteroatoms. The Labute approximate surface area is 187 Å². The molecule has 4 rings (SSSR count). The van der Waals surface area contributed by atoms with Crippen molar-refractivity contribution in [3.8, 4) is 11.8 Å². The SMILES string of the molecule is CN(C)CC#Cc1ccc([C@@H]2[C@H](CO)N3C(=O)CN(C(=O)c4ccc(F)cc4)C[C@@H]23)cc1. The molecule has 2 aromatic rings. The van der Waals surface area contributed by atoms with Crippen LogP contribution in [0.15, 0.2) is 48.5 Å². The van der Waals surface area contributed by atoms with Crippen molar-refractivity contribution in [3.63, 3.8) is 0 Å². The van der Waals surface area contributed by atoms with Gasteiger partial charge in [-0.05, 0) is 56.1 Å². The first-order valence-corrected chi connectivity index (χ1v) is 10.6. The second-order valence-electron chi connectivity index (χ2n) is 8.50. The number of nitrogens with zero attached hydrogens (tertiary/aromatic N) is 3. The molecule has 3 atom stereocenters. The van der Waals surface area contributed by atoms with Crippen LogP contribution < -0.4 is 0 Å². The van der Waals surface area contributed by atoms with Crippen molar-refractivity contribution in [2.24, 2.45) is 0 Å². The van der Waals surface area contributed by atoms with E-state index in [2.05, 4.69) is 11.8 Å². The number of piperazine rings is 1. The van der Waals surface area contributed by atoms with E-state index in [0.717, 1.165) is 11.1 Å². The Kier molecular flexibility index (Phi) is 6.26. The van der Waals surface area contributed by atoms with Crippen LogP contribution in [0.1, 0.15) is 27.4 Å². The lowest BCUT2D eigenvalue weighted by Crippen LogP contribution is -2.73. The van der Waals surface area contributed by atoms with Crippen LogP contribution in [0.2, 0.25) is 0 Å². The lowest BCUT2D eigenvalue weighted by molar-refractivity contribution is -0.159. The first kappa shape index (κ1) is 22.0. The fourth-order valence-corrected chi connectivity index (χ4v) is 4.52. The molecule has 2 amide bonds. The van der Waals surface area contributed by atoms with Gasteiger partial charge in [0, 0.05) is 23.6 Å². The van der Waals surface area contributed by atoms with E-state index in [-0.39, 0.29) is 43.0 Å². The molecule has 0 spiro atoms. The Bertz CT molecular complexity index is 1060. The minimum absolute atomic E-state index is 0.0453. The van der Waals surface area contributed by atoms with E-state index in [4.69, 9.17) is 0 Å². The van der Waals surface area contributed by atoms with Crippen molar-refractivity contribution in [3.05, 3.63) is 71.0 Å². The number of aliphatic hydroxyl groups excluding tert-OH is 1. The van der Waals surface area contributed by atoms with Gasteiger partial charge in [0.2, 0.25) is 5.91 Å². The highest BCUT2D eigenvalue weighted by molar-refractivity contribution is 5.97. The highest BCUT2D eigenvalue weighted by atomic mass is 19.1. The number of benzene rings is 2. The second-order valence-corrected chi connectivity index (χ2v) is 8.50. The Morgan fingerprint density at radius 3 is 2.47 bits per heavy atom. The van der Waals surface area contributed by atoms with Gasteiger partial charge < -0.3 is 14.9 Å². The molecule has 2 fully saturated rings. The standard InChI is InChI=1S/C25H26FN3O3/c1-27(2)13-3-4-17-5-7-18(8-6-17)24-21-14-28(15-23(31)29(21)22(24)16-30)25(32)19-9-11-20(26)12-10-19/h5-12,21-22,24,30H,13-16H2,1-2H3/t21-,22-,24-/m0/s1. The molecule has 0 radical (unpaired) electrons. The van der Waals surface area contributed by atoms with Crippen LogP contribution in [0, 0.1) is 17.7 Å². The van der Waals surface area contributed by atoms with E-state index in [1.165, 1.54) is 29.2 Å². The Morgan fingerprint density at radius 1 is 1.16 bits per heavy atom. The summed E-state index contributed by atoms with van der Waals surface area (Å²) in [7, 11) is 3.93. The van der Waals surface area contributed by atoms with Gasteiger partial charge in [-0.15, -0.1) is 0 Å². The summed E-state index contributed by atoms with van der Waals surface area (Å²) in [4.78, 5) is 30.9. The van der Waals surface area contributed by atoms with Gasteiger partial charge in [-0.1, -0.05) is 24.0 Å². The lowest BCUT2D eigenvalue weighted by atomic mass is 9.73. The Hall–Kier alpha value is -3.21. The van der Waals surface area contributed by atoms with E-state index >= 15 is 0 Å². The predicted molar refractivity (Wildman–Crippen MR) is 118 cm³/mol. The summed E-state index contributed by atoms with van der Waals surface area (Å²) in [6, 6.07) is 12.7. The maximum Gasteiger partial charge on any atom is 0.254 e. The maximum absolute atomic E-state index is 13.2. The average molecular weight is 435 g/mol. The number of rotatable bonds is 4. The summed E-state index contributed by atoms with van der Waals surface area (Å²) >= 11 is 0. The molecule has 0 aliphatic carbocycles. The van der Waals surface area contributed by atoms with E-state index in [1.54, 1.807) is 4.90 Å². The minimum Gasteiger partial charge on any atom is -0.394 e. The summed E-state index contributed by atoms with van der Waals surface area (Å²) in [5.74, 6) is 5.26. The van der Waals surface area contributed by atoms with Gasteiger partial charge in [0.15, 0.2) is 0 Å². The van der Waals surface area contributed by atoms with Crippen molar-refractivity contribution in [2.75, 3.05) is 40.3 Å². The van der Waals surface area contributed by atoms with Crippen molar-refractivity contribution < 1.29 is 19.1 Å². The van der Waals surface area contributed by atoms with Gasteiger partial charge in [0.1, 0.15) is 12.4 Å². The smallest absolute Gasteiger partial charge is 0.254 e. The summed E-state index contributed by atoms with van der Waals surface area (Å²) in [6.45, 7) is 0.862. The molecule has 2 aromatic carbocycles. The molecule has 0 aromatic heterocycles. The van der Waals surface area contributed by atoms with Crippen LogP contribution in [0.25, 0.3) is 0 Å². The molecule has 6 nitrogen and oxygen atoms in total. The highest BCUT2D eigenvalue weighted by Gasteiger charge is 2.54. The summed E-state index contributed by atoms with van der Waals surface area (Å²) in [6.07, 6.45) is 0. The van der Waals surface area contributed by atoms with Gasteiger partial charge in [0.05, 0.1) is 25.2 Å². The zero-order valence-electron chi connectivity index (χ0n) is 18.2. The quantitative estimate of drug-likeness (QED) is 0.741.